The summed E-state index contributed by atoms with van der Waals surface area (Å²) >= 11 is 0. The maximum absolute atomic E-state index is 12.9. The Morgan fingerprint density at radius 3 is 1.48 bits per heavy atom. The molecular formula is C37H43O8P. The zero-order valence-electron chi connectivity index (χ0n) is 26.1. The smallest absolute Gasteiger partial charge is 0.328 e. The number of rotatable bonds is 17. The van der Waals surface area contributed by atoms with Crippen molar-refractivity contribution in [3.8, 4) is 0 Å². The fourth-order valence-electron chi connectivity index (χ4n) is 5.47. The van der Waals surface area contributed by atoms with Crippen LogP contribution in [0.4, 0.5) is 0 Å². The molecule has 46 heavy (non-hydrogen) atoms. The number of ether oxygens (including phenoxy) is 5. The minimum absolute atomic E-state index is 0.0216. The normalized spacial score (nSPS) is 22.7. The highest BCUT2D eigenvalue weighted by Crippen LogP contribution is 2.44. The van der Waals surface area contributed by atoms with E-state index in [2.05, 4.69) is 0 Å². The van der Waals surface area contributed by atoms with Crippen molar-refractivity contribution >= 4 is 7.60 Å². The van der Waals surface area contributed by atoms with Crippen LogP contribution in [-0.4, -0.2) is 48.9 Å². The second-order valence-corrected chi connectivity index (χ2v) is 13.3. The van der Waals surface area contributed by atoms with E-state index in [0.29, 0.717) is 32.7 Å². The van der Waals surface area contributed by atoms with Gasteiger partial charge in [0.15, 0.2) is 6.29 Å². The molecule has 5 rings (SSSR count). The van der Waals surface area contributed by atoms with Crippen LogP contribution in [0.1, 0.15) is 35.1 Å². The highest BCUT2D eigenvalue weighted by molar-refractivity contribution is 7.52. The van der Waals surface area contributed by atoms with Crippen LogP contribution in [0.2, 0.25) is 0 Å². The van der Waals surface area contributed by atoms with Gasteiger partial charge >= 0.3 is 7.60 Å². The van der Waals surface area contributed by atoms with E-state index in [9.17, 15) is 9.46 Å². The van der Waals surface area contributed by atoms with Crippen molar-refractivity contribution in [3.05, 3.63) is 144 Å². The molecule has 1 saturated heterocycles. The van der Waals surface area contributed by atoms with Crippen molar-refractivity contribution in [2.24, 2.45) is 0 Å². The molecule has 1 aliphatic heterocycles. The van der Waals surface area contributed by atoms with Crippen LogP contribution in [0.3, 0.4) is 0 Å². The SMILES string of the molecule is CO[C@H]1O[C@H](CCCP(=O)(O)OCc2ccccc2)[C@@H](OCc2ccccc2)[C@H](OCc2ccccc2)[C@@H]1OCc1ccccc1. The van der Waals surface area contributed by atoms with Gasteiger partial charge in [-0.2, -0.15) is 0 Å². The van der Waals surface area contributed by atoms with Crippen LogP contribution in [0, 0.1) is 0 Å². The molecule has 1 N–H and O–H groups in total. The van der Waals surface area contributed by atoms with Gasteiger partial charge in [-0.3, -0.25) is 4.57 Å². The van der Waals surface area contributed by atoms with E-state index < -0.39 is 38.3 Å². The molecule has 8 nitrogen and oxygen atoms in total. The molecule has 1 fully saturated rings. The van der Waals surface area contributed by atoms with E-state index >= 15 is 0 Å². The molecular weight excluding hydrogens is 603 g/mol. The van der Waals surface area contributed by atoms with Crippen LogP contribution in [-0.2, 0) is 59.2 Å². The topological polar surface area (TPSA) is 92.7 Å². The van der Waals surface area contributed by atoms with Gasteiger partial charge in [-0.15, -0.1) is 0 Å². The summed E-state index contributed by atoms with van der Waals surface area (Å²) in [7, 11) is -2.26. The summed E-state index contributed by atoms with van der Waals surface area (Å²) in [5, 5.41) is 0. The lowest BCUT2D eigenvalue weighted by molar-refractivity contribution is -0.318. The van der Waals surface area contributed by atoms with Crippen molar-refractivity contribution < 1.29 is 37.7 Å². The number of hydrogen-bond acceptors (Lipinski definition) is 7. The third-order valence-corrected chi connectivity index (χ3v) is 9.30. The lowest BCUT2D eigenvalue weighted by Crippen LogP contribution is -2.60. The second kappa shape index (κ2) is 17.7. The molecule has 244 valence electrons. The Bertz CT molecular complexity index is 1460. The Labute approximate surface area is 271 Å². The minimum Gasteiger partial charge on any atom is -0.368 e. The zero-order valence-corrected chi connectivity index (χ0v) is 27.0. The molecule has 0 bridgehead atoms. The van der Waals surface area contributed by atoms with Crippen molar-refractivity contribution in [3.63, 3.8) is 0 Å². The first kappa shape index (κ1) is 34.2. The minimum atomic E-state index is -3.84. The number of benzene rings is 4. The summed E-state index contributed by atoms with van der Waals surface area (Å²) < 4.78 is 50.4. The van der Waals surface area contributed by atoms with Gasteiger partial charge < -0.3 is 33.1 Å². The van der Waals surface area contributed by atoms with Crippen molar-refractivity contribution in [1.29, 1.82) is 0 Å². The van der Waals surface area contributed by atoms with E-state index in [0.717, 1.165) is 22.3 Å². The first-order chi connectivity index (χ1) is 22.5. The molecule has 4 aromatic carbocycles. The first-order valence-corrected chi connectivity index (χ1v) is 17.4. The van der Waals surface area contributed by atoms with E-state index in [4.69, 9.17) is 28.2 Å². The van der Waals surface area contributed by atoms with Gasteiger partial charge in [0.1, 0.15) is 18.3 Å². The van der Waals surface area contributed by atoms with Gasteiger partial charge in [0, 0.05) is 7.11 Å². The molecule has 0 saturated carbocycles. The lowest BCUT2D eigenvalue weighted by Gasteiger charge is -2.45. The van der Waals surface area contributed by atoms with E-state index in [1.165, 1.54) is 0 Å². The third-order valence-electron chi connectivity index (χ3n) is 7.88. The molecule has 0 aliphatic carbocycles. The first-order valence-electron chi connectivity index (χ1n) is 15.7. The molecule has 0 aromatic heterocycles. The molecule has 4 aromatic rings. The lowest BCUT2D eigenvalue weighted by atomic mass is 9.95. The Kier molecular flexibility index (Phi) is 13.1. The third kappa shape index (κ3) is 10.4. The average Bonchev–Trinajstić information content (AvgIpc) is 3.10. The van der Waals surface area contributed by atoms with E-state index in [1.807, 2.05) is 121 Å². The van der Waals surface area contributed by atoms with Gasteiger partial charge in [0.05, 0.1) is 38.7 Å². The molecule has 0 radical (unpaired) electrons. The Morgan fingerprint density at radius 1 is 0.609 bits per heavy atom. The van der Waals surface area contributed by atoms with Gasteiger partial charge in [-0.1, -0.05) is 121 Å². The van der Waals surface area contributed by atoms with Gasteiger partial charge in [-0.05, 0) is 35.1 Å². The second-order valence-electron chi connectivity index (χ2n) is 11.3. The average molecular weight is 647 g/mol. The Balaban J connectivity index is 1.34. The number of hydrogen-bond donors (Lipinski definition) is 1. The summed E-state index contributed by atoms with van der Waals surface area (Å²) in [6, 6.07) is 39.1. The molecule has 6 atom stereocenters. The van der Waals surface area contributed by atoms with Gasteiger partial charge in [0.25, 0.3) is 0 Å². The van der Waals surface area contributed by atoms with Crippen LogP contribution in [0.5, 0.6) is 0 Å². The van der Waals surface area contributed by atoms with Crippen LogP contribution in [0.15, 0.2) is 121 Å². The number of methoxy groups -OCH3 is 1. The Hall–Kier alpha value is -3.17. The monoisotopic (exact) mass is 646 g/mol. The van der Waals surface area contributed by atoms with Crippen LogP contribution in [0.25, 0.3) is 0 Å². The molecule has 1 heterocycles. The highest BCUT2D eigenvalue weighted by Gasteiger charge is 2.48. The Morgan fingerprint density at radius 2 is 1.02 bits per heavy atom. The maximum atomic E-state index is 12.9. The summed E-state index contributed by atoms with van der Waals surface area (Å²) in [4.78, 5) is 10.6. The molecule has 1 aliphatic rings. The summed E-state index contributed by atoms with van der Waals surface area (Å²) in [6.45, 7) is 1.07. The fraction of sp³-hybridized carbons (Fsp3) is 0.351. The molecule has 9 heteroatoms. The standard InChI is InChI=1S/C37H43O8P/c1-40-37-36(43-27-31-19-10-4-11-20-31)35(42-26-30-17-8-3-9-18-30)34(41-25-29-15-6-2-7-16-29)33(45-37)23-14-24-46(38,39)44-28-32-21-12-5-13-22-32/h2-13,15-22,33-37H,14,23-28H2,1H3,(H,38,39)/t33-,34-,35+,36+,37+/m1/s1. The van der Waals surface area contributed by atoms with E-state index in [1.54, 1.807) is 7.11 Å². The van der Waals surface area contributed by atoms with Gasteiger partial charge in [-0.25, -0.2) is 0 Å². The highest BCUT2D eigenvalue weighted by atomic mass is 31.2. The quantitative estimate of drug-likeness (QED) is 0.120. The van der Waals surface area contributed by atoms with Crippen LogP contribution >= 0.6 is 7.60 Å². The summed E-state index contributed by atoms with van der Waals surface area (Å²) in [6.07, 6.45) is -2.20. The zero-order chi connectivity index (χ0) is 32.0. The molecule has 1 unspecified atom stereocenters. The van der Waals surface area contributed by atoms with Crippen molar-refractivity contribution in [1.82, 2.24) is 0 Å². The molecule has 0 spiro atoms. The predicted molar refractivity (Wildman–Crippen MR) is 176 cm³/mol. The maximum Gasteiger partial charge on any atom is 0.328 e. The fourth-order valence-corrected chi connectivity index (χ4v) is 6.54. The van der Waals surface area contributed by atoms with E-state index in [-0.39, 0.29) is 12.8 Å². The van der Waals surface area contributed by atoms with Crippen molar-refractivity contribution in [2.45, 2.75) is 70.0 Å². The van der Waals surface area contributed by atoms with Crippen molar-refractivity contribution in [2.75, 3.05) is 13.3 Å². The molecule has 0 amide bonds. The largest absolute Gasteiger partial charge is 0.368 e. The predicted octanol–water partition coefficient (Wildman–Crippen LogP) is 7.30. The van der Waals surface area contributed by atoms with Gasteiger partial charge in [0.2, 0.25) is 0 Å². The summed E-state index contributed by atoms with van der Waals surface area (Å²) in [5.41, 5.74) is 3.87. The van der Waals surface area contributed by atoms with Crippen LogP contribution < -0.4 is 0 Å². The summed E-state index contributed by atoms with van der Waals surface area (Å²) in [5.74, 6) is 0.